The van der Waals surface area contributed by atoms with E-state index < -0.39 is 11.4 Å². The molecule has 0 radical (unpaired) electrons. The number of carbonyl (C=O) groups is 1. The van der Waals surface area contributed by atoms with E-state index in [0.29, 0.717) is 12.3 Å². The van der Waals surface area contributed by atoms with Crippen LogP contribution in [0.1, 0.15) is 39.0 Å². The van der Waals surface area contributed by atoms with Crippen molar-refractivity contribution in [1.82, 2.24) is 0 Å². The third-order valence-corrected chi connectivity index (χ3v) is 3.08. The van der Waals surface area contributed by atoms with Gasteiger partial charge in [-0.1, -0.05) is 25.8 Å². The molecule has 0 aromatic heterocycles. The lowest BCUT2D eigenvalue weighted by Crippen LogP contribution is -2.35. The Kier molecular flexibility index (Phi) is 3.12. The van der Waals surface area contributed by atoms with E-state index in [9.17, 15) is 9.90 Å². The Morgan fingerprint density at radius 1 is 1.77 bits per heavy atom. The quantitative estimate of drug-likeness (QED) is 0.681. The van der Waals surface area contributed by atoms with Crippen LogP contribution < -0.4 is 0 Å². The molecule has 13 heavy (non-hydrogen) atoms. The lowest BCUT2D eigenvalue weighted by Gasteiger charge is -2.35. The van der Waals surface area contributed by atoms with Crippen molar-refractivity contribution in [1.29, 1.82) is 0 Å². The van der Waals surface area contributed by atoms with Crippen LogP contribution in [0.15, 0.2) is 12.7 Å². The molecule has 0 spiro atoms. The summed E-state index contributed by atoms with van der Waals surface area (Å²) in [5.74, 6) is -0.0937. The number of rotatable bonds is 3. The maximum atomic E-state index is 11.2. The molecule has 1 N–H and O–H groups in total. The molecule has 0 heterocycles. The predicted molar refractivity (Wildman–Crippen MR) is 52.5 cm³/mol. The van der Waals surface area contributed by atoms with E-state index in [4.69, 9.17) is 0 Å². The van der Waals surface area contributed by atoms with Crippen LogP contribution in [0, 0.1) is 11.3 Å². The lowest BCUT2D eigenvalue weighted by molar-refractivity contribution is -0.151. The molecule has 0 amide bonds. The number of aliphatic carboxylic acids is 1. The van der Waals surface area contributed by atoms with Crippen molar-refractivity contribution in [3.05, 3.63) is 12.7 Å². The van der Waals surface area contributed by atoms with Gasteiger partial charge in [0.2, 0.25) is 0 Å². The monoisotopic (exact) mass is 182 g/mol. The number of hydrogen-bond donors (Lipinski definition) is 1. The maximum absolute atomic E-state index is 11.2. The average molecular weight is 182 g/mol. The highest BCUT2D eigenvalue weighted by atomic mass is 16.4. The minimum Gasteiger partial charge on any atom is -0.481 e. The largest absolute Gasteiger partial charge is 0.481 e. The molecule has 2 nitrogen and oxygen atoms in total. The van der Waals surface area contributed by atoms with Gasteiger partial charge in [0, 0.05) is 0 Å². The van der Waals surface area contributed by atoms with Crippen LogP contribution in [-0.2, 0) is 4.79 Å². The van der Waals surface area contributed by atoms with Crippen LogP contribution in [0.25, 0.3) is 0 Å². The van der Waals surface area contributed by atoms with Gasteiger partial charge in [0.25, 0.3) is 0 Å². The summed E-state index contributed by atoms with van der Waals surface area (Å²) in [4.78, 5) is 11.2. The Morgan fingerprint density at radius 3 is 2.92 bits per heavy atom. The summed E-state index contributed by atoms with van der Waals surface area (Å²) in [7, 11) is 0. The molecule has 1 rings (SSSR count). The van der Waals surface area contributed by atoms with E-state index in [2.05, 4.69) is 13.5 Å². The first kappa shape index (κ1) is 10.3. The first-order valence-corrected chi connectivity index (χ1v) is 4.95. The van der Waals surface area contributed by atoms with Gasteiger partial charge in [0.15, 0.2) is 0 Å². The Balaban J connectivity index is 2.76. The second-order valence-corrected chi connectivity index (χ2v) is 4.28. The summed E-state index contributed by atoms with van der Waals surface area (Å²) in [6.07, 6.45) is 6.21. The number of allylic oxidation sites excluding steroid dienone is 1. The number of carboxylic acids is 1. The van der Waals surface area contributed by atoms with Crippen LogP contribution in [0.4, 0.5) is 0 Å². The topological polar surface area (TPSA) is 37.3 Å². The van der Waals surface area contributed by atoms with Gasteiger partial charge in [-0.05, 0) is 25.2 Å². The first-order chi connectivity index (χ1) is 6.10. The predicted octanol–water partition coefficient (Wildman–Crippen LogP) is 2.84. The minimum absolute atomic E-state index is 0.501. The SMILES string of the molecule is C=CCC1(C(=O)O)CCCC(C)C1. The molecular weight excluding hydrogens is 164 g/mol. The van der Waals surface area contributed by atoms with Gasteiger partial charge in [0.05, 0.1) is 5.41 Å². The molecule has 1 aliphatic carbocycles. The molecule has 2 atom stereocenters. The Morgan fingerprint density at radius 2 is 2.46 bits per heavy atom. The van der Waals surface area contributed by atoms with Crippen LogP contribution in [0.2, 0.25) is 0 Å². The molecule has 1 fully saturated rings. The summed E-state index contributed by atoms with van der Waals surface area (Å²) < 4.78 is 0. The van der Waals surface area contributed by atoms with Crippen molar-refractivity contribution in [3.8, 4) is 0 Å². The normalized spacial score (nSPS) is 34.1. The molecular formula is C11H18O2. The summed E-state index contributed by atoms with van der Waals surface area (Å²) in [5, 5.41) is 9.19. The van der Waals surface area contributed by atoms with E-state index in [1.165, 1.54) is 6.42 Å². The standard InChI is InChI=1S/C11H18O2/c1-3-6-11(10(12)13)7-4-5-9(2)8-11/h3,9H,1,4-8H2,2H3,(H,12,13). The molecule has 0 aliphatic heterocycles. The highest BCUT2D eigenvalue weighted by Crippen LogP contribution is 2.42. The van der Waals surface area contributed by atoms with E-state index >= 15 is 0 Å². The summed E-state index contributed by atoms with van der Waals surface area (Å²) in [5.41, 5.74) is -0.501. The minimum atomic E-state index is -0.640. The van der Waals surface area contributed by atoms with Crippen molar-refractivity contribution in [2.24, 2.45) is 11.3 Å². The van der Waals surface area contributed by atoms with Gasteiger partial charge in [-0.25, -0.2) is 0 Å². The Hall–Kier alpha value is -0.790. The third-order valence-electron chi connectivity index (χ3n) is 3.08. The fourth-order valence-corrected chi connectivity index (χ4v) is 2.40. The maximum Gasteiger partial charge on any atom is 0.309 e. The second-order valence-electron chi connectivity index (χ2n) is 4.28. The fourth-order valence-electron chi connectivity index (χ4n) is 2.40. The smallest absolute Gasteiger partial charge is 0.309 e. The first-order valence-electron chi connectivity index (χ1n) is 4.95. The molecule has 0 aromatic carbocycles. The highest BCUT2D eigenvalue weighted by molar-refractivity contribution is 5.75. The van der Waals surface area contributed by atoms with Crippen LogP contribution in [0.5, 0.6) is 0 Å². The van der Waals surface area contributed by atoms with E-state index in [1.807, 2.05) is 0 Å². The Bertz CT molecular complexity index is 210. The summed E-state index contributed by atoms with van der Waals surface area (Å²) >= 11 is 0. The van der Waals surface area contributed by atoms with Gasteiger partial charge in [-0.2, -0.15) is 0 Å². The van der Waals surface area contributed by atoms with Crippen LogP contribution in [0.3, 0.4) is 0 Å². The van der Waals surface area contributed by atoms with Gasteiger partial charge < -0.3 is 5.11 Å². The van der Waals surface area contributed by atoms with Gasteiger partial charge in [0.1, 0.15) is 0 Å². The van der Waals surface area contributed by atoms with E-state index in [-0.39, 0.29) is 0 Å². The van der Waals surface area contributed by atoms with E-state index in [0.717, 1.165) is 19.3 Å². The van der Waals surface area contributed by atoms with Crippen molar-refractivity contribution in [2.45, 2.75) is 39.0 Å². The van der Waals surface area contributed by atoms with Gasteiger partial charge >= 0.3 is 5.97 Å². The lowest BCUT2D eigenvalue weighted by atomic mass is 9.68. The molecule has 0 bridgehead atoms. The van der Waals surface area contributed by atoms with Crippen molar-refractivity contribution < 1.29 is 9.90 Å². The molecule has 1 saturated carbocycles. The zero-order valence-electron chi connectivity index (χ0n) is 8.25. The van der Waals surface area contributed by atoms with Crippen LogP contribution in [-0.4, -0.2) is 11.1 Å². The summed E-state index contributed by atoms with van der Waals surface area (Å²) in [6, 6.07) is 0. The highest BCUT2D eigenvalue weighted by Gasteiger charge is 2.40. The van der Waals surface area contributed by atoms with Crippen molar-refractivity contribution in [2.75, 3.05) is 0 Å². The van der Waals surface area contributed by atoms with Crippen LogP contribution >= 0.6 is 0 Å². The van der Waals surface area contributed by atoms with Crippen molar-refractivity contribution in [3.63, 3.8) is 0 Å². The number of carboxylic acid groups (broad SMARTS) is 1. The number of hydrogen-bond acceptors (Lipinski definition) is 1. The molecule has 0 saturated heterocycles. The molecule has 0 aromatic rings. The molecule has 74 valence electrons. The zero-order chi connectivity index (χ0) is 9.90. The van der Waals surface area contributed by atoms with E-state index in [1.54, 1.807) is 6.08 Å². The second kappa shape index (κ2) is 3.95. The van der Waals surface area contributed by atoms with Gasteiger partial charge in [-0.3, -0.25) is 4.79 Å². The molecule has 1 aliphatic rings. The Labute approximate surface area is 79.6 Å². The fraction of sp³-hybridized carbons (Fsp3) is 0.727. The third kappa shape index (κ3) is 2.11. The molecule has 2 unspecified atom stereocenters. The zero-order valence-corrected chi connectivity index (χ0v) is 8.25. The summed E-state index contributed by atoms with van der Waals surface area (Å²) in [6.45, 7) is 5.78. The molecule has 2 heteroatoms. The van der Waals surface area contributed by atoms with Gasteiger partial charge in [-0.15, -0.1) is 6.58 Å². The average Bonchev–Trinajstić information content (AvgIpc) is 2.04. The van der Waals surface area contributed by atoms with Crippen molar-refractivity contribution >= 4 is 5.97 Å².